The maximum atomic E-state index is 11.1. The van der Waals surface area contributed by atoms with Gasteiger partial charge in [0.15, 0.2) is 5.82 Å². The molecule has 2 aliphatic rings. The monoisotopic (exact) mass is 456 g/mol. The molecule has 7 nitrogen and oxygen atoms in total. The fourth-order valence-electron chi connectivity index (χ4n) is 5.60. The van der Waals surface area contributed by atoms with Crippen LogP contribution < -0.4 is 10.2 Å². The highest BCUT2D eigenvalue weighted by Gasteiger charge is 2.27. The second kappa shape index (κ2) is 7.94. The lowest BCUT2D eigenvalue weighted by molar-refractivity contribution is 0.407. The first-order chi connectivity index (χ1) is 16.4. The summed E-state index contributed by atoms with van der Waals surface area (Å²) in [4.78, 5) is 12.5. The molecule has 0 bridgehead atoms. The van der Waals surface area contributed by atoms with Crippen molar-refractivity contribution in [2.45, 2.75) is 58.0 Å². The van der Waals surface area contributed by atoms with E-state index in [1.807, 2.05) is 26.2 Å². The predicted molar refractivity (Wildman–Crippen MR) is 137 cm³/mol. The van der Waals surface area contributed by atoms with Crippen LogP contribution in [0, 0.1) is 6.92 Å². The number of aromatic hydroxyl groups is 1. The van der Waals surface area contributed by atoms with E-state index in [4.69, 9.17) is 9.97 Å². The van der Waals surface area contributed by atoms with Gasteiger partial charge in [0, 0.05) is 66.4 Å². The quantitative estimate of drug-likeness (QED) is 0.467. The van der Waals surface area contributed by atoms with E-state index in [0.717, 1.165) is 59.0 Å². The molecule has 7 heteroatoms. The van der Waals surface area contributed by atoms with Gasteiger partial charge in [0.25, 0.3) is 0 Å². The first kappa shape index (κ1) is 21.4. The first-order valence-electron chi connectivity index (χ1n) is 12.4. The lowest BCUT2D eigenvalue weighted by Crippen LogP contribution is -2.54. The van der Waals surface area contributed by atoms with Crippen molar-refractivity contribution in [1.29, 1.82) is 0 Å². The predicted octanol–water partition coefficient (Wildman–Crippen LogP) is 4.65. The van der Waals surface area contributed by atoms with Crippen LogP contribution in [0.4, 0.5) is 5.69 Å². The SMILES string of the molecule is Cc1c(O)c(-c2nc(C3CCC3)c3cc(N4C[C@@H](C)N[C@H](C)C4)ccc3n2)cc2cn(C)nc12. The van der Waals surface area contributed by atoms with E-state index in [0.29, 0.717) is 29.4 Å². The first-order valence-corrected chi connectivity index (χ1v) is 12.4. The van der Waals surface area contributed by atoms with Crippen LogP contribution in [0.5, 0.6) is 5.75 Å². The van der Waals surface area contributed by atoms with E-state index in [1.165, 1.54) is 12.1 Å². The Balaban J connectivity index is 1.50. The number of aromatic nitrogens is 4. The fraction of sp³-hybridized carbons (Fsp3) is 0.444. The van der Waals surface area contributed by atoms with Crippen LogP contribution in [0.2, 0.25) is 0 Å². The Bertz CT molecular complexity index is 1400. The van der Waals surface area contributed by atoms with Gasteiger partial charge in [-0.1, -0.05) is 6.42 Å². The third kappa shape index (κ3) is 3.50. The summed E-state index contributed by atoms with van der Waals surface area (Å²) in [7, 11) is 1.90. The van der Waals surface area contributed by atoms with Crippen LogP contribution in [0.1, 0.15) is 50.3 Å². The number of nitrogens with zero attached hydrogens (tertiary/aromatic N) is 5. The molecule has 2 fully saturated rings. The zero-order valence-corrected chi connectivity index (χ0v) is 20.3. The normalized spacial score (nSPS) is 21.4. The lowest BCUT2D eigenvalue weighted by Gasteiger charge is -2.38. The van der Waals surface area contributed by atoms with Crippen molar-refractivity contribution >= 4 is 27.5 Å². The molecule has 176 valence electrons. The van der Waals surface area contributed by atoms with Crippen molar-refractivity contribution in [2.75, 3.05) is 18.0 Å². The molecule has 34 heavy (non-hydrogen) atoms. The molecule has 3 heterocycles. The van der Waals surface area contributed by atoms with E-state index in [1.54, 1.807) is 4.68 Å². The van der Waals surface area contributed by atoms with Crippen molar-refractivity contribution in [1.82, 2.24) is 25.1 Å². The molecular formula is C27H32N6O. The summed E-state index contributed by atoms with van der Waals surface area (Å²) in [6.07, 6.45) is 5.53. The number of nitrogens with one attached hydrogen (secondary N) is 1. The average molecular weight is 457 g/mol. The molecule has 2 aromatic carbocycles. The van der Waals surface area contributed by atoms with E-state index in [9.17, 15) is 5.11 Å². The largest absolute Gasteiger partial charge is 0.507 e. The van der Waals surface area contributed by atoms with Crippen molar-refractivity contribution in [3.05, 3.63) is 41.7 Å². The summed E-state index contributed by atoms with van der Waals surface area (Å²) in [6.45, 7) is 8.38. The number of phenolic OH excluding ortho intramolecular Hbond substituents is 1. The number of phenols is 1. The van der Waals surface area contributed by atoms with Crippen molar-refractivity contribution in [3.63, 3.8) is 0 Å². The van der Waals surface area contributed by atoms with Gasteiger partial charge in [0.2, 0.25) is 0 Å². The second-order valence-electron chi connectivity index (χ2n) is 10.3. The van der Waals surface area contributed by atoms with E-state index < -0.39 is 0 Å². The van der Waals surface area contributed by atoms with Crippen LogP contribution in [0.15, 0.2) is 30.5 Å². The van der Waals surface area contributed by atoms with Crippen molar-refractivity contribution < 1.29 is 5.11 Å². The molecule has 0 radical (unpaired) electrons. The number of anilines is 1. The summed E-state index contributed by atoms with van der Waals surface area (Å²) in [5.41, 5.74) is 5.55. The number of rotatable bonds is 3. The zero-order valence-electron chi connectivity index (χ0n) is 20.3. The lowest BCUT2D eigenvalue weighted by atomic mass is 9.81. The summed E-state index contributed by atoms with van der Waals surface area (Å²) in [5.74, 6) is 1.26. The molecule has 4 aromatic rings. The summed E-state index contributed by atoms with van der Waals surface area (Å²) in [6, 6.07) is 9.48. The van der Waals surface area contributed by atoms with Gasteiger partial charge < -0.3 is 15.3 Å². The number of hydrogen-bond acceptors (Lipinski definition) is 6. The number of piperazine rings is 1. The zero-order chi connectivity index (χ0) is 23.6. The van der Waals surface area contributed by atoms with E-state index >= 15 is 0 Å². The van der Waals surface area contributed by atoms with Gasteiger partial charge in [-0.15, -0.1) is 0 Å². The van der Waals surface area contributed by atoms with Crippen LogP contribution in [-0.4, -0.2) is 50.0 Å². The number of aryl methyl sites for hydroxylation is 2. The van der Waals surface area contributed by atoms with E-state index in [2.05, 4.69) is 47.4 Å². The molecule has 2 aromatic heterocycles. The standard InChI is InChI=1S/C27H32N6O/c1-15-12-33(13-16(2)28-15)20-8-9-23-21(11-20)25(18-6-5-7-18)30-27(29-23)22-10-19-14-32(4)31-24(19)17(3)26(22)34/h8-11,14-16,18,28,34H,5-7,12-13H2,1-4H3/t15-,16-/m1/s1. The molecule has 6 rings (SSSR count). The highest BCUT2D eigenvalue weighted by atomic mass is 16.3. The Morgan fingerprint density at radius 2 is 1.82 bits per heavy atom. The smallest absolute Gasteiger partial charge is 0.163 e. The van der Waals surface area contributed by atoms with Gasteiger partial charge >= 0.3 is 0 Å². The molecule has 0 amide bonds. The van der Waals surface area contributed by atoms with Gasteiger partial charge in [0.05, 0.1) is 22.3 Å². The van der Waals surface area contributed by atoms with Gasteiger partial charge in [-0.3, -0.25) is 4.68 Å². The summed E-state index contributed by atoms with van der Waals surface area (Å²) < 4.78 is 1.78. The van der Waals surface area contributed by atoms with Crippen molar-refractivity contribution in [2.24, 2.45) is 7.05 Å². The molecular weight excluding hydrogens is 424 g/mol. The van der Waals surface area contributed by atoms with Gasteiger partial charge in [-0.05, 0) is 57.9 Å². The highest BCUT2D eigenvalue weighted by molar-refractivity contribution is 5.92. The van der Waals surface area contributed by atoms with Crippen LogP contribution in [0.25, 0.3) is 33.2 Å². The Kier molecular flexibility index (Phi) is 4.99. The molecule has 1 aliphatic heterocycles. The van der Waals surface area contributed by atoms with Gasteiger partial charge in [-0.25, -0.2) is 9.97 Å². The summed E-state index contributed by atoms with van der Waals surface area (Å²) >= 11 is 0. The second-order valence-corrected chi connectivity index (χ2v) is 10.3. The van der Waals surface area contributed by atoms with Crippen LogP contribution in [0.3, 0.4) is 0 Å². The molecule has 1 saturated carbocycles. The van der Waals surface area contributed by atoms with E-state index in [-0.39, 0.29) is 5.75 Å². The molecule has 2 N–H and O–H groups in total. The molecule has 2 atom stereocenters. The number of fused-ring (bicyclic) bond motifs is 2. The number of benzene rings is 2. The fourth-order valence-corrected chi connectivity index (χ4v) is 5.60. The van der Waals surface area contributed by atoms with Crippen molar-refractivity contribution in [3.8, 4) is 17.1 Å². The third-order valence-corrected chi connectivity index (χ3v) is 7.49. The van der Waals surface area contributed by atoms with Gasteiger partial charge in [0.1, 0.15) is 5.75 Å². The minimum Gasteiger partial charge on any atom is -0.507 e. The van der Waals surface area contributed by atoms with Gasteiger partial charge in [-0.2, -0.15) is 5.10 Å². The minimum absolute atomic E-state index is 0.213. The highest BCUT2D eigenvalue weighted by Crippen LogP contribution is 2.42. The van der Waals surface area contributed by atoms with Crippen LogP contribution in [-0.2, 0) is 7.05 Å². The summed E-state index contributed by atoms with van der Waals surface area (Å²) in [5, 5.41) is 21.3. The molecule has 1 aliphatic carbocycles. The average Bonchev–Trinajstić information content (AvgIpc) is 3.14. The third-order valence-electron chi connectivity index (χ3n) is 7.49. The topological polar surface area (TPSA) is 79.1 Å². The maximum absolute atomic E-state index is 11.1. The Morgan fingerprint density at radius 1 is 1.06 bits per heavy atom. The molecule has 1 saturated heterocycles. The number of hydrogen-bond donors (Lipinski definition) is 2. The Hall–Kier alpha value is -3.19. The maximum Gasteiger partial charge on any atom is 0.163 e. The Labute approximate surface area is 199 Å². The molecule has 0 unspecified atom stereocenters. The van der Waals surface area contributed by atoms with Crippen LogP contribution >= 0.6 is 0 Å². The molecule has 0 spiro atoms. The Morgan fingerprint density at radius 3 is 2.53 bits per heavy atom. The minimum atomic E-state index is 0.213.